The third-order valence-corrected chi connectivity index (χ3v) is 10.6. The maximum Gasteiger partial charge on any atom is 0.164 e. The molecule has 0 saturated carbocycles. The lowest BCUT2D eigenvalue weighted by molar-refractivity contribution is 1.07. The summed E-state index contributed by atoms with van der Waals surface area (Å²) in [4.78, 5) is 15.4. The fourth-order valence-electron chi connectivity index (χ4n) is 7.90. The van der Waals surface area contributed by atoms with E-state index < -0.39 is 0 Å². The molecule has 0 fully saturated rings. The molecule has 266 valence electrons. The Morgan fingerprint density at radius 3 is 1.12 bits per heavy atom. The largest absolute Gasteiger partial charge is 0.208 e. The SMILES string of the molecule is C.c1ccc(-c2ccc(-c3nc(-c4ccccc4)nc(-c4cc(-c5ccccc5)cc(-c5cccc6c5Cc5c(-c7ccccc7)cccc5-6)c4)n3)cc2)cc1. The second-order valence-corrected chi connectivity index (χ2v) is 14.0. The van der Waals surface area contributed by atoms with Crippen LogP contribution >= 0.6 is 0 Å². The van der Waals surface area contributed by atoms with Gasteiger partial charge in [-0.15, -0.1) is 0 Å². The maximum absolute atomic E-state index is 5.20. The number of rotatable bonds is 7. The van der Waals surface area contributed by atoms with Crippen LogP contribution in [0.4, 0.5) is 0 Å². The van der Waals surface area contributed by atoms with Crippen molar-refractivity contribution in [3.05, 3.63) is 211 Å². The standard InChI is InChI=1S/C52H35N3.CH4/c1-5-15-35(16-6-1)37-27-29-40(30-28-37)51-53-50(39-21-11-4-12-22-39)54-52(55-51)43-32-41(36-17-7-2-8-18-36)31-42(33-43)45-24-14-26-47-46-25-13-23-44(48(46)34-49(45)47)38-19-9-3-10-20-38;/h1-33H,34H2;1H4. The molecule has 0 saturated heterocycles. The van der Waals surface area contributed by atoms with Gasteiger partial charge in [-0.2, -0.15) is 0 Å². The van der Waals surface area contributed by atoms with Gasteiger partial charge in [0.2, 0.25) is 0 Å². The van der Waals surface area contributed by atoms with Crippen molar-refractivity contribution in [1.29, 1.82) is 0 Å². The van der Waals surface area contributed by atoms with Crippen LogP contribution in [0.3, 0.4) is 0 Å². The number of hydrogen-bond donors (Lipinski definition) is 0. The summed E-state index contributed by atoms with van der Waals surface area (Å²) in [6.45, 7) is 0. The highest BCUT2D eigenvalue weighted by Gasteiger charge is 2.25. The van der Waals surface area contributed by atoms with Gasteiger partial charge in [-0.1, -0.05) is 189 Å². The van der Waals surface area contributed by atoms with Crippen LogP contribution in [-0.4, -0.2) is 15.0 Å². The van der Waals surface area contributed by atoms with Crippen LogP contribution in [0.1, 0.15) is 18.6 Å². The van der Waals surface area contributed by atoms with E-state index >= 15 is 0 Å². The Labute approximate surface area is 328 Å². The Bertz CT molecular complexity index is 2800. The molecule has 0 atom stereocenters. The lowest BCUT2D eigenvalue weighted by atomic mass is 9.91. The summed E-state index contributed by atoms with van der Waals surface area (Å²) in [7, 11) is 0. The van der Waals surface area contributed by atoms with Crippen LogP contribution in [0.15, 0.2) is 200 Å². The Balaban J connectivity index is 0.00000410. The van der Waals surface area contributed by atoms with Crippen molar-refractivity contribution < 1.29 is 0 Å². The number of benzene rings is 8. The fraction of sp³-hybridized carbons (Fsp3) is 0.0377. The van der Waals surface area contributed by atoms with Crippen LogP contribution < -0.4 is 0 Å². The molecule has 1 aromatic heterocycles. The highest BCUT2D eigenvalue weighted by molar-refractivity contribution is 5.91. The summed E-state index contributed by atoms with van der Waals surface area (Å²) in [5, 5.41) is 0. The Morgan fingerprint density at radius 2 is 0.589 bits per heavy atom. The Kier molecular flexibility index (Phi) is 9.18. The average Bonchev–Trinajstić information content (AvgIpc) is 3.67. The predicted octanol–water partition coefficient (Wildman–Crippen LogP) is 13.7. The number of nitrogens with zero attached hydrogens (tertiary/aromatic N) is 3. The molecule has 1 heterocycles. The zero-order valence-electron chi connectivity index (χ0n) is 30.1. The van der Waals surface area contributed by atoms with Gasteiger partial charge in [-0.3, -0.25) is 0 Å². The van der Waals surface area contributed by atoms with Gasteiger partial charge in [0.05, 0.1) is 0 Å². The van der Waals surface area contributed by atoms with Crippen molar-refractivity contribution in [3.63, 3.8) is 0 Å². The zero-order chi connectivity index (χ0) is 36.6. The van der Waals surface area contributed by atoms with Crippen LogP contribution in [0.25, 0.3) is 89.8 Å². The Hall–Kier alpha value is -7.23. The molecule has 0 N–H and O–H groups in total. The van der Waals surface area contributed by atoms with Crippen LogP contribution in [0.5, 0.6) is 0 Å². The normalized spacial score (nSPS) is 11.4. The van der Waals surface area contributed by atoms with Crippen LogP contribution in [0.2, 0.25) is 0 Å². The minimum Gasteiger partial charge on any atom is -0.208 e. The topological polar surface area (TPSA) is 38.7 Å². The van der Waals surface area contributed by atoms with Crippen LogP contribution in [-0.2, 0) is 6.42 Å². The van der Waals surface area contributed by atoms with Gasteiger partial charge in [-0.05, 0) is 91.4 Å². The summed E-state index contributed by atoms with van der Waals surface area (Å²) in [6.07, 6.45) is 0.865. The highest BCUT2D eigenvalue weighted by Crippen LogP contribution is 2.46. The maximum atomic E-state index is 5.20. The predicted molar refractivity (Wildman–Crippen MR) is 233 cm³/mol. The molecule has 3 heteroatoms. The second-order valence-electron chi connectivity index (χ2n) is 14.0. The van der Waals surface area contributed by atoms with E-state index in [0.717, 1.165) is 45.4 Å². The monoisotopic (exact) mass is 717 g/mol. The molecule has 9 aromatic rings. The molecule has 0 aliphatic heterocycles. The average molecular weight is 718 g/mol. The number of fused-ring (bicyclic) bond motifs is 3. The van der Waals surface area contributed by atoms with Gasteiger partial charge in [-0.25, -0.2) is 15.0 Å². The van der Waals surface area contributed by atoms with Crippen molar-refractivity contribution in [2.24, 2.45) is 0 Å². The molecule has 8 aromatic carbocycles. The summed E-state index contributed by atoms with van der Waals surface area (Å²) in [5.74, 6) is 1.92. The van der Waals surface area contributed by atoms with Crippen molar-refractivity contribution in [1.82, 2.24) is 15.0 Å². The van der Waals surface area contributed by atoms with Gasteiger partial charge in [0.1, 0.15) is 0 Å². The van der Waals surface area contributed by atoms with Crippen molar-refractivity contribution in [2.45, 2.75) is 13.8 Å². The minimum absolute atomic E-state index is 0. The first-order chi connectivity index (χ1) is 27.2. The van der Waals surface area contributed by atoms with Crippen molar-refractivity contribution in [2.75, 3.05) is 0 Å². The smallest absolute Gasteiger partial charge is 0.164 e. The quantitative estimate of drug-likeness (QED) is 0.165. The first-order valence-electron chi connectivity index (χ1n) is 18.7. The first-order valence-corrected chi connectivity index (χ1v) is 18.7. The number of aromatic nitrogens is 3. The van der Waals surface area contributed by atoms with E-state index in [1.807, 2.05) is 24.3 Å². The van der Waals surface area contributed by atoms with Gasteiger partial charge >= 0.3 is 0 Å². The summed E-state index contributed by atoms with van der Waals surface area (Å²) < 4.78 is 0. The lowest BCUT2D eigenvalue weighted by Crippen LogP contribution is -2.01. The van der Waals surface area contributed by atoms with Gasteiger partial charge in [0.25, 0.3) is 0 Å². The second kappa shape index (κ2) is 14.9. The molecular formula is C53H39N3. The van der Waals surface area contributed by atoms with E-state index in [1.54, 1.807) is 0 Å². The van der Waals surface area contributed by atoms with E-state index in [0.29, 0.717) is 17.5 Å². The van der Waals surface area contributed by atoms with Crippen molar-refractivity contribution >= 4 is 0 Å². The lowest BCUT2D eigenvalue weighted by Gasteiger charge is -2.14. The molecule has 0 radical (unpaired) electrons. The first kappa shape index (κ1) is 34.5. The summed E-state index contributed by atoms with van der Waals surface area (Å²) >= 11 is 0. The zero-order valence-corrected chi connectivity index (χ0v) is 30.1. The molecule has 56 heavy (non-hydrogen) atoms. The van der Waals surface area contributed by atoms with E-state index in [2.05, 4.69) is 176 Å². The molecular weight excluding hydrogens is 679 g/mol. The summed E-state index contributed by atoms with van der Waals surface area (Å²) in [6, 6.07) is 70.7. The molecule has 1 aliphatic rings. The summed E-state index contributed by atoms with van der Waals surface area (Å²) in [5.41, 5.74) is 17.6. The molecule has 0 unspecified atom stereocenters. The van der Waals surface area contributed by atoms with Gasteiger partial charge in [0.15, 0.2) is 17.5 Å². The highest BCUT2D eigenvalue weighted by atomic mass is 15.0. The Morgan fingerprint density at radius 1 is 0.250 bits per heavy atom. The molecule has 0 spiro atoms. The van der Waals surface area contributed by atoms with E-state index in [4.69, 9.17) is 15.0 Å². The molecule has 3 nitrogen and oxygen atoms in total. The molecule has 10 rings (SSSR count). The van der Waals surface area contributed by atoms with E-state index in [-0.39, 0.29) is 7.43 Å². The van der Waals surface area contributed by atoms with E-state index in [9.17, 15) is 0 Å². The minimum atomic E-state index is 0. The number of hydrogen-bond acceptors (Lipinski definition) is 3. The molecule has 0 bridgehead atoms. The molecule has 0 amide bonds. The van der Waals surface area contributed by atoms with Crippen molar-refractivity contribution in [3.8, 4) is 89.8 Å². The van der Waals surface area contributed by atoms with Gasteiger partial charge in [0, 0.05) is 16.7 Å². The van der Waals surface area contributed by atoms with Crippen LogP contribution in [0, 0.1) is 0 Å². The fourth-order valence-corrected chi connectivity index (χ4v) is 7.90. The third-order valence-electron chi connectivity index (χ3n) is 10.6. The van der Waals surface area contributed by atoms with E-state index in [1.165, 1.54) is 44.5 Å². The molecule has 1 aliphatic carbocycles. The van der Waals surface area contributed by atoms with Gasteiger partial charge < -0.3 is 0 Å². The third kappa shape index (κ3) is 6.50.